The van der Waals surface area contributed by atoms with Gasteiger partial charge >= 0.3 is 18.1 Å². The van der Waals surface area contributed by atoms with Crippen LogP contribution in [0.4, 0.5) is 14.4 Å². The van der Waals surface area contributed by atoms with Crippen LogP contribution in [-0.2, 0) is 0 Å². The van der Waals surface area contributed by atoms with Gasteiger partial charge < -0.3 is 31.1 Å². The summed E-state index contributed by atoms with van der Waals surface area (Å²) in [6.45, 7) is 7.34. The number of carbonyl (C=O) groups is 3. The number of hydrogen-bond acceptors (Lipinski definition) is 3. The van der Waals surface area contributed by atoms with Gasteiger partial charge in [0.15, 0.2) is 0 Å². The van der Waals surface area contributed by atoms with Crippen molar-refractivity contribution in [3.8, 4) is 0 Å². The topological polar surface area (TPSA) is 106 Å². The molecule has 1 aliphatic rings. The van der Waals surface area contributed by atoms with Crippen molar-refractivity contribution in [3.63, 3.8) is 0 Å². The van der Waals surface area contributed by atoms with Crippen molar-refractivity contribution >= 4 is 18.1 Å². The van der Waals surface area contributed by atoms with Gasteiger partial charge in [-0.2, -0.15) is 0 Å². The number of amides is 6. The molecule has 0 aromatic carbocycles. The van der Waals surface area contributed by atoms with Crippen molar-refractivity contribution in [3.05, 3.63) is 0 Å². The van der Waals surface area contributed by atoms with Crippen molar-refractivity contribution in [2.24, 2.45) is 0 Å². The number of rotatable bonds is 4. The smallest absolute Gasteiger partial charge is 0.323 e. The Morgan fingerprint density at radius 2 is 1.18 bits per heavy atom. The Labute approximate surface area is 130 Å². The first-order valence-corrected chi connectivity index (χ1v) is 7.27. The van der Waals surface area contributed by atoms with E-state index in [0.29, 0.717) is 0 Å². The van der Waals surface area contributed by atoms with E-state index in [-0.39, 0.29) is 18.1 Å². The maximum Gasteiger partial charge on any atom is 0.323 e. The highest BCUT2D eigenvalue weighted by molar-refractivity contribution is 5.82. The fourth-order valence-electron chi connectivity index (χ4n) is 2.14. The Hall–Kier alpha value is -2.19. The molecule has 1 aliphatic heterocycles. The molecule has 1 fully saturated rings. The molecule has 4 N–H and O–H groups in total. The van der Waals surface area contributed by atoms with Gasteiger partial charge in [0.1, 0.15) is 12.3 Å². The van der Waals surface area contributed by atoms with Crippen molar-refractivity contribution in [2.45, 2.75) is 52.1 Å². The van der Waals surface area contributed by atoms with E-state index in [1.807, 2.05) is 27.7 Å². The highest BCUT2D eigenvalue weighted by Crippen LogP contribution is 2.16. The third-order valence-corrected chi connectivity index (χ3v) is 3.13. The van der Waals surface area contributed by atoms with E-state index in [0.717, 1.165) is 0 Å². The number of urea groups is 3. The molecule has 9 heteroatoms. The molecular formula is C13H26N6O3. The maximum atomic E-state index is 12.0. The average molecular weight is 314 g/mol. The third kappa shape index (κ3) is 4.40. The van der Waals surface area contributed by atoms with Crippen LogP contribution >= 0.6 is 0 Å². The summed E-state index contributed by atoms with van der Waals surface area (Å²) in [6, 6.07) is -1.15. The molecule has 2 unspecified atom stereocenters. The molecule has 0 bridgehead atoms. The summed E-state index contributed by atoms with van der Waals surface area (Å²) in [5.74, 6) is 0. The van der Waals surface area contributed by atoms with E-state index in [4.69, 9.17) is 0 Å². The Morgan fingerprint density at radius 1 is 0.864 bits per heavy atom. The molecule has 0 aliphatic carbocycles. The van der Waals surface area contributed by atoms with Gasteiger partial charge in [0.2, 0.25) is 0 Å². The second-order valence-corrected chi connectivity index (χ2v) is 5.94. The molecule has 2 atom stereocenters. The minimum atomic E-state index is -0.658. The quantitative estimate of drug-likeness (QED) is 0.589. The van der Waals surface area contributed by atoms with E-state index >= 15 is 0 Å². The summed E-state index contributed by atoms with van der Waals surface area (Å²) in [5, 5.41) is 10.8. The summed E-state index contributed by atoms with van der Waals surface area (Å²) in [5.41, 5.74) is 0. The monoisotopic (exact) mass is 314 g/mol. The van der Waals surface area contributed by atoms with Crippen molar-refractivity contribution in [2.75, 3.05) is 14.1 Å². The zero-order valence-corrected chi connectivity index (χ0v) is 13.9. The molecule has 0 radical (unpaired) electrons. The van der Waals surface area contributed by atoms with Crippen molar-refractivity contribution in [1.82, 2.24) is 31.1 Å². The fraction of sp³-hybridized carbons (Fsp3) is 0.769. The van der Waals surface area contributed by atoms with Gasteiger partial charge in [0.25, 0.3) is 0 Å². The van der Waals surface area contributed by atoms with Crippen LogP contribution in [0.3, 0.4) is 0 Å². The summed E-state index contributed by atoms with van der Waals surface area (Å²) in [6.07, 6.45) is -1.32. The minimum Gasteiger partial charge on any atom is -0.336 e. The van der Waals surface area contributed by atoms with Crippen LogP contribution in [0.2, 0.25) is 0 Å². The molecule has 126 valence electrons. The van der Waals surface area contributed by atoms with E-state index in [9.17, 15) is 14.4 Å². The highest BCUT2D eigenvalue weighted by atomic mass is 16.2. The Morgan fingerprint density at radius 3 is 1.45 bits per heavy atom. The molecule has 0 aromatic heterocycles. The van der Waals surface area contributed by atoms with Crippen molar-refractivity contribution in [1.29, 1.82) is 0 Å². The van der Waals surface area contributed by atoms with Crippen LogP contribution in [0.15, 0.2) is 0 Å². The lowest BCUT2D eigenvalue weighted by Gasteiger charge is -2.27. The molecule has 1 rings (SSSR count). The summed E-state index contributed by atoms with van der Waals surface area (Å²) in [4.78, 5) is 38.5. The van der Waals surface area contributed by atoms with Gasteiger partial charge in [-0.05, 0) is 27.7 Å². The first-order valence-electron chi connectivity index (χ1n) is 7.27. The number of likely N-dealkylation sites (N-methyl/N-ethyl adjacent to an activating group) is 2. The zero-order chi connectivity index (χ0) is 17.0. The van der Waals surface area contributed by atoms with Gasteiger partial charge in [0, 0.05) is 26.2 Å². The largest absolute Gasteiger partial charge is 0.336 e. The average Bonchev–Trinajstić information content (AvgIpc) is 2.54. The van der Waals surface area contributed by atoms with E-state index in [1.54, 1.807) is 14.1 Å². The number of nitrogens with one attached hydrogen (secondary N) is 4. The minimum absolute atomic E-state index is 0.0317. The number of hydrogen-bond donors (Lipinski definition) is 4. The predicted octanol–water partition coefficient (Wildman–Crippen LogP) is 0.0510. The highest BCUT2D eigenvalue weighted by Gasteiger charge is 2.43. The van der Waals surface area contributed by atoms with Crippen molar-refractivity contribution < 1.29 is 14.4 Å². The van der Waals surface area contributed by atoms with Crippen LogP contribution in [0.1, 0.15) is 27.7 Å². The molecule has 6 amide bonds. The molecule has 22 heavy (non-hydrogen) atoms. The Balaban J connectivity index is 2.79. The molecule has 0 spiro atoms. The summed E-state index contributed by atoms with van der Waals surface area (Å²) >= 11 is 0. The lowest BCUT2D eigenvalue weighted by Crippen LogP contribution is -2.60. The molecule has 0 saturated carbocycles. The maximum absolute atomic E-state index is 12.0. The van der Waals surface area contributed by atoms with Gasteiger partial charge in [-0.25, -0.2) is 14.4 Å². The van der Waals surface area contributed by atoms with Crippen LogP contribution in [0, 0.1) is 0 Å². The van der Waals surface area contributed by atoms with Crippen LogP contribution < -0.4 is 21.3 Å². The lowest BCUT2D eigenvalue weighted by molar-refractivity contribution is 0.192. The van der Waals surface area contributed by atoms with Crippen LogP contribution in [0.25, 0.3) is 0 Å². The molecule has 1 saturated heterocycles. The van der Waals surface area contributed by atoms with E-state index < -0.39 is 24.4 Å². The third-order valence-electron chi connectivity index (χ3n) is 3.13. The standard InChI is InChI=1S/C13H26N6O3/c1-7(2)14-11(20)16-9-10(17-12(21)15-8(3)4)19(6)13(22)18(9)5/h7-10H,1-6H3,(H2,14,16,20)(H2,15,17,21). The number of carbonyl (C=O) groups excluding carboxylic acids is 3. The zero-order valence-electron chi connectivity index (χ0n) is 13.9. The fourth-order valence-corrected chi connectivity index (χ4v) is 2.14. The normalized spacial score (nSPS) is 21.4. The second kappa shape index (κ2) is 7.19. The SMILES string of the molecule is CC(C)NC(=O)NC1C(NC(=O)NC(C)C)N(C)C(=O)N1C. The molecule has 0 aromatic rings. The lowest BCUT2D eigenvalue weighted by atomic mass is 10.3. The Bertz CT molecular complexity index is 401. The second-order valence-electron chi connectivity index (χ2n) is 5.94. The first kappa shape index (κ1) is 17.9. The molecule has 9 nitrogen and oxygen atoms in total. The first-order chi connectivity index (χ1) is 10.1. The molecular weight excluding hydrogens is 288 g/mol. The van der Waals surface area contributed by atoms with E-state index in [1.165, 1.54) is 9.80 Å². The van der Waals surface area contributed by atoms with Crippen LogP contribution in [-0.4, -0.2) is 66.4 Å². The molecule has 1 heterocycles. The summed E-state index contributed by atoms with van der Waals surface area (Å²) < 4.78 is 0. The van der Waals surface area contributed by atoms with Gasteiger partial charge in [0.05, 0.1) is 0 Å². The van der Waals surface area contributed by atoms with E-state index in [2.05, 4.69) is 21.3 Å². The summed E-state index contributed by atoms with van der Waals surface area (Å²) in [7, 11) is 3.14. The van der Waals surface area contributed by atoms with Gasteiger partial charge in [-0.15, -0.1) is 0 Å². The number of nitrogens with zero attached hydrogens (tertiary/aromatic N) is 2. The Kier molecular flexibility index (Phi) is 5.84. The predicted molar refractivity (Wildman–Crippen MR) is 82.1 cm³/mol. The van der Waals surface area contributed by atoms with Gasteiger partial charge in [-0.3, -0.25) is 0 Å². The van der Waals surface area contributed by atoms with Crippen LogP contribution in [0.5, 0.6) is 0 Å². The van der Waals surface area contributed by atoms with Gasteiger partial charge in [-0.1, -0.05) is 0 Å².